The highest BCUT2D eigenvalue weighted by molar-refractivity contribution is 5.28. The summed E-state index contributed by atoms with van der Waals surface area (Å²) in [6.45, 7) is 12.5. The Morgan fingerprint density at radius 2 is 1.84 bits per heavy atom. The Kier molecular flexibility index (Phi) is 5.43. The van der Waals surface area contributed by atoms with Crippen molar-refractivity contribution in [3.8, 4) is 5.75 Å². The van der Waals surface area contributed by atoms with E-state index in [4.69, 9.17) is 15.2 Å². The Hall–Kier alpha value is -1.48. The zero-order valence-electron chi connectivity index (χ0n) is 12.4. The second kappa shape index (κ2) is 6.62. The molecule has 0 bridgehead atoms. The van der Waals surface area contributed by atoms with Gasteiger partial charge in [0.1, 0.15) is 17.1 Å². The smallest absolute Gasteiger partial charge is 0.120 e. The van der Waals surface area contributed by atoms with Gasteiger partial charge in [-0.2, -0.15) is 0 Å². The number of hydrogen-bond acceptors (Lipinski definition) is 3. The minimum absolute atomic E-state index is 0.172. The van der Waals surface area contributed by atoms with Gasteiger partial charge >= 0.3 is 0 Å². The van der Waals surface area contributed by atoms with Gasteiger partial charge in [-0.15, -0.1) is 0 Å². The highest BCUT2D eigenvalue weighted by Crippen LogP contribution is 2.19. The van der Waals surface area contributed by atoms with Crippen molar-refractivity contribution < 1.29 is 9.47 Å². The van der Waals surface area contributed by atoms with Crippen LogP contribution in [0.1, 0.15) is 33.3 Å². The van der Waals surface area contributed by atoms with Crippen LogP contribution in [0.3, 0.4) is 0 Å². The van der Waals surface area contributed by atoms with Crippen molar-refractivity contribution in [2.24, 2.45) is 5.73 Å². The van der Waals surface area contributed by atoms with E-state index in [1.54, 1.807) is 0 Å². The molecule has 0 radical (unpaired) electrons. The summed E-state index contributed by atoms with van der Waals surface area (Å²) in [5.74, 6) is 1.51. The van der Waals surface area contributed by atoms with Crippen LogP contribution in [0.25, 0.3) is 0 Å². The first-order chi connectivity index (χ1) is 8.81. The first-order valence-corrected chi connectivity index (χ1v) is 6.67. The molecule has 0 amide bonds. The normalized spacial score (nSPS) is 12.9. The summed E-state index contributed by atoms with van der Waals surface area (Å²) in [5.41, 5.74) is 6.99. The molecule has 1 aromatic carbocycles. The van der Waals surface area contributed by atoms with Gasteiger partial charge in [0, 0.05) is 0 Å². The number of rotatable bonds is 6. The maximum Gasteiger partial charge on any atom is 0.120 e. The van der Waals surface area contributed by atoms with E-state index in [1.807, 2.05) is 52.0 Å². The lowest BCUT2D eigenvalue weighted by atomic mass is 10.1. The Morgan fingerprint density at radius 1 is 1.26 bits per heavy atom. The highest BCUT2D eigenvalue weighted by Gasteiger charge is 2.12. The summed E-state index contributed by atoms with van der Waals surface area (Å²) >= 11 is 0. The standard InChI is InChI=1S/C16H25NO2/c1-6-18-12(2)15(17)11-13-7-9-14(10-8-13)19-16(3,4)5/h7-10,15H,2,6,11,17H2,1,3-5H3/t15-/m0/s1. The van der Waals surface area contributed by atoms with E-state index in [2.05, 4.69) is 6.58 Å². The van der Waals surface area contributed by atoms with Gasteiger partial charge in [0.15, 0.2) is 0 Å². The molecular weight excluding hydrogens is 238 g/mol. The van der Waals surface area contributed by atoms with Gasteiger partial charge in [-0.3, -0.25) is 0 Å². The summed E-state index contributed by atoms with van der Waals surface area (Å²) < 4.78 is 11.1. The predicted molar refractivity (Wildman–Crippen MR) is 79.3 cm³/mol. The molecule has 0 aliphatic heterocycles. The quantitative estimate of drug-likeness (QED) is 0.801. The molecule has 1 aromatic rings. The summed E-state index contributed by atoms with van der Waals surface area (Å²) in [4.78, 5) is 0. The third-order valence-corrected chi connectivity index (χ3v) is 2.55. The van der Waals surface area contributed by atoms with E-state index in [0.29, 0.717) is 18.8 Å². The van der Waals surface area contributed by atoms with Crippen LogP contribution < -0.4 is 10.5 Å². The van der Waals surface area contributed by atoms with E-state index >= 15 is 0 Å². The fraction of sp³-hybridized carbons (Fsp3) is 0.500. The van der Waals surface area contributed by atoms with Crippen LogP contribution in [-0.4, -0.2) is 18.2 Å². The third-order valence-electron chi connectivity index (χ3n) is 2.55. The average molecular weight is 263 g/mol. The molecule has 19 heavy (non-hydrogen) atoms. The van der Waals surface area contributed by atoms with Crippen molar-refractivity contribution in [3.05, 3.63) is 42.2 Å². The molecule has 1 atom stereocenters. The van der Waals surface area contributed by atoms with Gasteiger partial charge in [-0.05, 0) is 51.8 Å². The van der Waals surface area contributed by atoms with Crippen LogP contribution in [-0.2, 0) is 11.2 Å². The Bertz CT molecular complexity index is 404. The van der Waals surface area contributed by atoms with Crippen molar-refractivity contribution in [3.63, 3.8) is 0 Å². The number of ether oxygens (including phenoxy) is 2. The molecule has 0 fully saturated rings. The average Bonchev–Trinajstić information content (AvgIpc) is 2.30. The molecule has 2 N–H and O–H groups in total. The number of nitrogens with two attached hydrogens (primary N) is 1. The van der Waals surface area contributed by atoms with Crippen molar-refractivity contribution in [1.82, 2.24) is 0 Å². The van der Waals surface area contributed by atoms with E-state index in [9.17, 15) is 0 Å². The second-order valence-electron chi connectivity index (χ2n) is 5.57. The lowest BCUT2D eigenvalue weighted by molar-refractivity contribution is 0.131. The summed E-state index contributed by atoms with van der Waals surface area (Å²) in [6, 6.07) is 7.82. The van der Waals surface area contributed by atoms with Crippen LogP contribution in [0.5, 0.6) is 5.75 Å². The lowest BCUT2D eigenvalue weighted by Gasteiger charge is -2.21. The van der Waals surface area contributed by atoms with E-state index in [1.165, 1.54) is 0 Å². The molecule has 3 nitrogen and oxygen atoms in total. The molecule has 0 heterocycles. The molecule has 0 spiro atoms. The first-order valence-electron chi connectivity index (χ1n) is 6.67. The van der Waals surface area contributed by atoms with Gasteiger partial charge in [-0.25, -0.2) is 0 Å². The van der Waals surface area contributed by atoms with Crippen LogP contribution >= 0.6 is 0 Å². The van der Waals surface area contributed by atoms with Gasteiger partial charge < -0.3 is 15.2 Å². The molecule has 0 aliphatic rings. The van der Waals surface area contributed by atoms with E-state index < -0.39 is 0 Å². The molecule has 106 valence electrons. The lowest BCUT2D eigenvalue weighted by Crippen LogP contribution is -2.26. The zero-order valence-corrected chi connectivity index (χ0v) is 12.4. The van der Waals surface area contributed by atoms with E-state index in [-0.39, 0.29) is 11.6 Å². The second-order valence-corrected chi connectivity index (χ2v) is 5.57. The fourth-order valence-corrected chi connectivity index (χ4v) is 1.71. The van der Waals surface area contributed by atoms with Gasteiger partial charge in [0.05, 0.1) is 12.6 Å². The molecule has 0 aliphatic carbocycles. The molecule has 0 unspecified atom stereocenters. The van der Waals surface area contributed by atoms with Gasteiger partial charge in [0.2, 0.25) is 0 Å². The van der Waals surface area contributed by atoms with Crippen LogP contribution in [0.2, 0.25) is 0 Å². The Labute approximate surface area is 116 Å². The molecule has 3 heteroatoms. The summed E-state index contributed by atoms with van der Waals surface area (Å²) in [7, 11) is 0. The maximum absolute atomic E-state index is 6.02. The topological polar surface area (TPSA) is 44.5 Å². The molecule has 0 saturated heterocycles. The number of benzene rings is 1. The largest absolute Gasteiger partial charge is 0.497 e. The van der Waals surface area contributed by atoms with Crippen molar-refractivity contribution >= 4 is 0 Å². The molecule has 1 rings (SSSR count). The van der Waals surface area contributed by atoms with Gasteiger partial charge in [-0.1, -0.05) is 18.7 Å². The van der Waals surface area contributed by atoms with Crippen molar-refractivity contribution in [2.45, 2.75) is 45.8 Å². The maximum atomic E-state index is 6.02. The Balaban J connectivity index is 2.59. The zero-order chi connectivity index (χ0) is 14.5. The molecular formula is C16H25NO2. The summed E-state index contributed by atoms with van der Waals surface area (Å²) in [6.07, 6.45) is 0.717. The third kappa shape index (κ3) is 5.79. The van der Waals surface area contributed by atoms with Crippen LogP contribution in [0.15, 0.2) is 36.6 Å². The van der Waals surface area contributed by atoms with Gasteiger partial charge in [0.25, 0.3) is 0 Å². The summed E-state index contributed by atoms with van der Waals surface area (Å²) in [5, 5.41) is 0. The highest BCUT2D eigenvalue weighted by atomic mass is 16.5. The molecule has 0 saturated carbocycles. The SMILES string of the molecule is C=C(OCC)[C@@H](N)Cc1ccc(OC(C)(C)C)cc1. The van der Waals surface area contributed by atoms with E-state index in [0.717, 1.165) is 11.3 Å². The Morgan fingerprint density at radius 3 is 2.32 bits per heavy atom. The minimum atomic E-state index is -0.179. The van der Waals surface area contributed by atoms with Crippen molar-refractivity contribution in [2.75, 3.05) is 6.61 Å². The minimum Gasteiger partial charge on any atom is -0.497 e. The van der Waals surface area contributed by atoms with Crippen LogP contribution in [0.4, 0.5) is 0 Å². The fourth-order valence-electron chi connectivity index (χ4n) is 1.71. The monoisotopic (exact) mass is 263 g/mol. The van der Waals surface area contributed by atoms with Crippen molar-refractivity contribution in [1.29, 1.82) is 0 Å². The number of hydrogen-bond donors (Lipinski definition) is 1. The van der Waals surface area contributed by atoms with Crippen LogP contribution in [0, 0.1) is 0 Å². The predicted octanol–water partition coefficient (Wildman–Crippen LogP) is 3.28. The first kappa shape index (κ1) is 15.6. The molecule has 0 aromatic heterocycles.